The molecule has 0 atom stereocenters. The minimum atomic E-state index is 0.643. The molecular weight excluding hydrogens is 250 g/mol. The van der Waals surface area contributed by atoms with Crippen LogP contribution in [0.3, 0.4) is 0 Å². The van der Waals surface area contributed by atoms with E-state index < -0.39 is 0 Å². The Morgan fingerprint density at radius 1 is 1.59 bits per heavy atom. The van der Waals surface area contributed by atoms with Crippen LogP contribution in [0.5, 0.6) is 0 Å². The zero-order valence-corrected chi connectivity index (χ0v) is 11.8. The lowest BCUT2D eigenvalue weighted by atomic mass is 9.85. The first-order valence-electron chi connectivity index (χ1n) is 5.74. The Morgan fingerprint density at radius 2 is 2.29 bits per heavy atom. The Labute approximate surface area is 111 Å². The molecule has 1 aromatic heterocycles. The van der Waals surface area contributed by atoms with Crippen molar-refractivity contribution in [2.45, 2.75) is 24.2 Å². The molecule has 2 rings (SSSR count). The summed E-state index contributed by atoms with van der Waals surface area (Å²) in [6, 6.07) is 2.18. The maximum atomic E-state index is 9.03. The maximum absolute atomic E-state index is 9.03. The van der Waals surface area contributed by atoms with E-state index in [1.807, 2.05) is 6.26 Å². The highest BCUT2D eigenvalue weighted by Gasteiger charge is 2.23. The van der Waals surface area contributed by atoms with Gasteiger partial charge in [0.2, 0.25) is 0 Å². The van der Waals surface area contributed by atoms with E-state index in [0.29, 0.717) is 10.6 Å². The predicted molar refractivity (Wildman–Crippen MR) is 75.8 cm³/mol. The summed E-state index contributed by atoms with van der Waals surface area (Å²) in [5, 5.41) is 10.2. The van der Waals surface area contributed by atoms with Crippen LogP contribution in [0.15, 0.2) is 4.90 Å². The summed E-state index contributed by atoms with van der Waals surface area (Å²) in [4.78, 5) is 3.97. The zero-order chi connectivity index (χ0) is 12.4. The molecule has 0 unspecified atom stereocenters. The van der Waals surface area contributed by atoms with Crippen LogP contribution in [0.1, 0.15) is 24.1 Å². The molecule has 1 aliphatic rings. The fraction of sp³-hybridized carbons (Fsp3) is 0.583. The molecule has 0 amide bonds. The molecule has 92 valence electrons. The average Bonchev–Trinajstić information content (AvgIpc) is 2.60. The van der Waals surface area contributed by atoms with E-state index in [1.54, 1.807) is 11.8 Å². The van der Waals surface area contributed by atoms with Crippen LogP contribution < -0.4 is 10.6 Å². The van der Waals surface area contributed by atoms with Crippen molar-refractivity contribution in [3.05, 3.63) is 4.88 Å². The fourth-order valence-corrected chi connectivity index (χ4v) is 4.07. The first-order chi connectivity index (χ1) is 8.17. The standard InChI is InChI=1S/C12H17N3S2/c1-15(7-8-4-3-5-8)12-11(16-2)10(14)9(6-13)17-12/h8H,3-5,7,14H2,1-2H3. The number of nitrogen functional groups attached to an aromatic ring is 1. The van der Waals surface area contributed by atoms with Crippen LogP contribution in [0.25, 0.3) is 0 Å². The topological polar surface area (TPSA) is 53.0 Å². The maximum Gasteiger partial charge on any atom is 0.131 e. The van der Waals surface area contributed by atoms with Gasteiger partial charge in [0.25, 0.3) is 0 Å². The lowest BCUT2D eigenvalue weighted by Crippen LogP contribution is -2.28. The number of nitriles is 1. The van der Waals surface area contributed by atoms with Gasteiger partial charge in [-0.1, -0.05) is 6.42 Å². The van der Waals surface area contributed by atoms with Crippen molar-refractivity contribution < 1.29 is 0 Å². The average molecular weight is 267 g/mol. The number of nitrogens with two attached hydrogens (primary N) is 1. The van der Waals surface area contributed by atoms with E-state index in [4.69, 9.17) is 11.0 Å². The molecule has 17 heavy (non-hydrogen) atoms. The number of nitrogens with zero attached hydrogens (tertiary/aromatic N) is 2. The van der Waals surface area contributed by atoms with Crippen LogP contribution in [-0.2, 0) is 0 Å². The molecule has 0 aromatic carbocycles. The summed E-state index contributed by atoms with van der Waals surface area (Å²) in [5.41, 5.74) is 6.63. The third-order valence-electron chi connectivity index (χ3n) is 3.29. The smallest absolute Gasteiger partial charge is 0.131 e. The van der Waals surface area contributed by atoms with Gasteiger partial charge in [0.1, 0.15) is 15.9 Å². The van der Waals surface area contributed by atoms with Gasteiger partial charge in [-0.15, -0.1) is 23.1 Å². The third kappa shape index (κ3) is 2.38. The molecule has 0 spiro atoms. The minimum absolute atomic E-state index is 0.643. The highest BCUT2D eigenvalue weighted by atomic mass is 32.2. The number of thiophene rings is 1. The van der Waals surface area contributed by atoms with Crippen molar-refractivity contribution in [2.75, 3.05) is 30.5 Å². The molecule has 2 N–H and O–H groups in total. The second-order valence-corrected chi connectivity index (χ2v) is 6.29. The van der Waals surface area contributed by atoms with Crippen LogP contribution in [0.2, 0.25) is 0 Å². The summed E-state index contributed by atoms with van der Waals surface area (Å²) < 4.78 is 0. The van der Waals surface area contributed by atoms with E-state index in [1.165, 1.54) is 30.6 Å². The fourth-order valence-electron chi connectivity index (χ4n) is 2.09. The van der Waals surface area contributed by atoms with Gasteiger partial charge in [0, 0.05) is 13.6 Å². The largest absolute Gasteiger partial charge is 0.396 e. The number of anilines is 2. The summed E-state index contributed by atoms with van der Waals surface area (Å²) in [6.45, 7) is 1.08. The van der Waals surface area contributed by atoms with Gasteiger partial charge in [-0.2, -0.15) is 5.26 Å². The zero-order valence-electron chi connectivity index (χ0n) is 10.2. The van der Waals surface area contributed by atoms with Crippen molar-refractivity contribution in [2.24, 2.45) is 5.92 Å². The Bertz CT molecular complexity index is 443. The van der Waals surface area contributed by atoms with Crippen molar-refractivity contribution >= 4 is 33.8 Å². The van der Waals surface area contributed by atoms with Crippen molar-refractivity contribution in [1.82, 2.24) is 0 Å². The van der Waals surface area contributed by atoms with E-state index in [-0.39, 0.29) is 0 Å². The molecule has 0 aliphatic heterocycles. The van der Waals surface area contributed by atoms with Crippen LogP contribution in [0.4, 0.5) is 10.7 Å². The molecule has 0 saturated heterocycles. The van der Waals surface area contributed by atoms with E-state index in [2.05, 4.69) is 18.0 Å². The quantitative estimate of drug-likeness (QED) is 0.851. The number of hydrogen-bond acceptors (Lipinski definition) is 5. The van der Waals surface area contributed by atoms with Gasteiger partial charge in [0.15, 0.2) is 0 Å². The van der Waals surface area contributed by atoms with Crippen LogP contribution >= 0.6 is 23.1 Å². The molecule has 1 aromatic rings. The van der Waals surface area contributed by atoms with Crippen molar-refractivity contribution in [3.8, 4) is 6.07 Å². The predicted octanol–water partition coefficient (Wildman–Crippen LogP) is 3.16. The van der Waals surface area contributed by atoms with Gasteiger partial charge < -0.3 is 10.6 Å². The third-order valence-corrected chi connectivity index (χ3v) is 5.47. The van der Waals surface area contributed by atoms with Crippen molar-refractivity contribution in [1.29, 1.82) is 5.26 Å². The number of thioether (sulfide) groups is 1. The molecule has 0 radical (unpaired) electrons. The summed E-state index contributed by atoms with van der Waals surface area (Å²) in [6.07, 6.45) is 6.06. The Kier molecular flexibility index (Phi) is 3.85. The van der Waals surface area contributed by atoms with Gasteiger partial charge in [-0.3, -0.25) is 0 Å². The van der Waals surface area contributed by atoms with Gasteiger partial charge >= 0.3 is 0 Å². The molecule has 5 heteroatoms. The lowest BCUT2D eigenvalue weighted by Gasteiger charge is -2.30. The Balaban J connectivity index is 2.21. The van der Waals surface area contributed by atoms with Gasteiger partial charge in [-0.25, -0.2) is 0 Å². The first kappa shape index (κ1) is 12.6. The molecule has 0 bridgehead atoms. The molecule has 1 saturated carbocycles. The van der Waals surface area contributed by atoms with E-state index in [9.17, 15) is 0 Å². The first-order valence-corrected chi connectivity index (χ1v) is 7.79. The lowest BCUT2D eigenvalue weighted by molar-refractivity contribution is 0.321. The van der Waals surface area contributed by atoms with Gasteiger partial charge in [0.05, 0.1) is 10.6 Å². The van der Waals surface area contributed by atoms with Crippen molar-refractivity contribution in [3.63, 3.8) is 0 Å². The molecule has 3 nitrogen and oxygen atoms in total. The minimum Gasteiger partial charge on any atom is -0.396 e. The summed E-state index contributed by atoms with van der Waals surface area (Å²) in [5.74, 6) is 0.823. The van der Waals surface area contributed by atoms with Crippen LogP contribution in [0, 0.1) is 17.2 Å². The molecule has 1 fully saturated rings. The summed E-state index contributed by atoms with van der Waals surface area (Å²) >= 11 is 3.15. The highest BCUT2D eigenvalue weighted by molar-refractivity contribution is 7.99. The monoisotopic (exact) mass is 267 g/mol. The SMILES string of the molecule is CSc1c(N(C)CC2CCC2)sc(C#N)c1N. The Hall–Kier alpha value is -0.860. The van der Waals surface area contributed by atoms with E-state index in [0.717, 1.165) is 22.4 Å². The highest BCUT2D eigenvalue weighted by Crippen LogP contribution is 2.43. The van der Waals surface area contributed by atoms with Gasteiger partial charge in [-0.05, 0) is 25.0 Å². The molecule has 1 aliphatic carbocycles. The van der Waals surface area contributed by atoms with E-state index >= 15 is 0 Å². The molecular formula is C12H17N3S2. The second-order valence-electron chi connectivity index (χ2n) is 4.47. The normalized spacial score (nSPS) is 15.4. The second kappa shape index (κ2) is 5.19. The van der Waals surface area contributed by atoms with Crippen LogP contribution in [-0.4, -0.2) is 19.8 Å². The molecule has 1 heterocycles. The summed E-state index contributed by atoms with van der Waals surface area (Å²) in [7, 11) is 2.10. The Morgan fingerprint density at radius 3 is 2.76 bits per heavy atom. The number of hydrogen-bond donors (Lipinski definition) is 1. The number of rotatable bonds is 4.